The van der Waals surface area contributed by atoms with Crippen LogP contribution in [0.3, 0.4) is 0 Å². The summed E-state index contributed by atoms with van der Waals surface area (Å²) in [7, 11) is 8.01. The van der Waals surface area contributed by atoms with Crippen molar-refractivity contribution in [1.82, 2.24) is 19.4 Å². The molecule has 1 aliphatic carbocycles. The quantitative estimate of drug-likeness (QED) is 0.170. The highest BCUT2D eigenvalue weighted by atomic mass is 16.5. The van der Waals surface area contributed by atoms with Crippen molar-refractivity contribution in [3.63, 3.8) is 0 Å². The van der Waals surface area contributed by atoms with Crippen LogP contribution >= 0.6 is 0 Å². The normalized spacial score (nSPS) is 12.8. The van der Waals surface area contributed by atoms with E-state index in [0.29, 0.717) is 35.4 Å². The maximum absolute atomic E-state index is 13.2. The molecular formula is C33H39N7O3. The lowest BCUT2D eigenvalue weighted by atomic mass is 10.1. The maximum atomic E-state index is 13.2. The van der Waals surface area contributed by atoms with E-state index >= 15 is 0 Å². The van der Waals surface area contributed by atoms with Crippen molar-refractivity contribution in [1.29, 1.82) is 0 Å². The van der Waals surface area contributed by atoms with Crippen molar-refractivity contribution in [2.75, 3.05) is 56.4 Å². The Hall–Kier alpha value is -4.70. The Morgan fingerprint density at radius 3 is 2.63 bits per heavy atom. The second kappa shape index (κ2) is 12.7. The van der Waals surface area contributed by atoms with Gasteiger partial charge in [-0.2, -0.15) is 0 Å². The second-order valence-electron chi connectivity index (χ2n) is 11.4. The molecule has 2 N–H and O–H groups in total. The number of carbonyl (C=O) groups excluding carboxylic acids is 2. The Morgan fingerprint density at radius 1 is 1.14 bits per heavy atom. The van der Waals surface area contributed by atoms with Crippen molar-refractivity contribution < 1.29 is 14.3 Å². The molecule has 0 atom stereocenters. The van der Waals surface area contributed by atoms with Crippen LogP contribution in [0, 0.1) is 12.8 Å². The van der Waals surface area contributed by atoms with E-state index in [4.69, 9.17) is 9.72 Å². The van der Waals surface area contributed by atoms with Crippen LogP contribution < -0.4 is 15.5 Å². The number of hydrogen-bond donors (Lipinski definition) is 2. The lowest BCUT2D eigenvalue weighted by Gasteiger charge is -2.25. The van der Waals surface area contributed by atoms with E-state index in [1.54, 1.807) is 0 Å². The zero-order valence-electron chi connectivity index (χ0n) is 25.5. The van der Waals surface area contributed by atoms with Crippen LogP contribution in [0.2, 0.25) is 0 Å². The molecule has 10 heteroatoms. The lowest BCUT2D eigenvalue weighted by molar-refractivity contribution is -0.111. The van der Waals surface area contributed by atoms with Gasteiger partial charge in [-0.15, -0.1) is 0 Å². The zero-order valence-corrected chi connectivity index (χ0v) is 25.5. The molecule has 1 aliphatic rings. The average Bonchev–Trinajstić information content (AvgIpc) is 3.77. The summed E-state index contributed by atoms with van der Waals surface area (Å²) in [4.78, 5) is 39.2. The van der Waals surface area contributed by atoms with Gasteiger partial charge in [-0.05, 0) is 69.6 Å². The minimum Gasteiger partial charge on any atom is -0.462 e. The smallest absolute Gasteiger partial charge is 0.341 e. The molecular weight excluding hydrogens is 542 g/mol. The Labute approximate surface area is 252 Å². The van der Waals surface area contributed by atoms with Crippen LogP contribution in [-0.2, 0) is 16.6 Å². The van der Waals surface area contributed by atoms with Gasteiger partial charge in [0.2, 0.25) is 11.9 Å². The molecule has 0 spiro atoms. The third-order valence-corrected chi connectivity index (χ3v) is 7.63. The first-order chi connectivity index (χ1) is 20.6. The third-order valence-electron chi connectivity index (χ3n) is 7.63. The van der Waals surface area contributed by atoms with Crippen LogP contribution in [0.4, 0.5) is 23.0 Å². The molecule has 1 amide bonds. The minimum atomic E-state index is -0.433. The van der Waals surface area contributed by atoms with Crippen molar-refractivity contribution in [2.45, 2.75) is 19.8 Å². The number of carbonyl (C=O) groups is 2. The number of nitrogens with one attached hydrogen (secondary N) is 2. The summed E-state index contributed by atoms with van der Waals surface area (Å²) in [6.07, 6.45) is 6.92. The third kappa shape index (κ3) is 6.86. The SMILES string of the molecule is C=CC(=O)Nc1cc(Nc2ncc(C(=O)OCC3CC3)c(-c3cn(C)c4ccccc34)n2)c(C)cc1N(C)CCN(C)C. The van der Waals surface area contributed by atoms with E-state index in [1.165, 1.54) is 12.3 Å². The maximum Gasteiger partial charge on any atom is 0.341 e. The van der Waals surface area contributed by atoms with E-state index in [2.05, 4.69) is 32.0 Å². The fourth-order valence-electron chi connectivity index (χ4n) is 4.90. The number of rotatable bonds is 12. The number of benzene rings is 2. The monoisotopic (exact) mass is 581 g/mol. The number of hydrogen-bond acceptors (Lipinski definition) is 8. The number of esters is 1. The van der Waals surface area contributed by atoms with Crippen molar-refractivity contribution in [3.05, 3.63) is 72.6 Å². The summed E-state index contributed by atoms with van der Waals surface area (Å²) >= 11 is 0. The van der Waals surface area contributed by atoms with E-state index in [9.17, 15) is 9.59 Å². The molecule has 2 heterocycles. The van der Waals surface area contributed by atoms with E-state index in [1.807, 2.05) is 82.3 Å². The van der Waals surface area contributed by atoms with Gasteiger partial charge in [0.05, 0.1) is 23.7 Å². The molecule has 1 saturated carbocycles. The van der Waals surface area contributed by atoms with Gasteiger partial charge in [0.1, 0.15) is 5.56 Å². The number of nitrogens with zero attached hydrogens (tertiary/aromatic N) is 5. The molecule has 5 rings (SSSR count). The highest BCUT2D eigenvalue weighted by Gasteiger charge is 2.26. The number of aromatic nitrogens is 3. The van der Waals surface area contributed by atoms with Crippen molar-refractivity contribution in [3.8, 4) is 11.3 Å². The Kier molecular flexibility index (Phi) is 8.77. The Balaban J connectivity index is 1.53. The van der Waals surface area contributed by atoms with Gasteiger partial charge in [0.15, 0.2) is 0 Å². The number of likely N-dealkylation sites (N-methyl/N-ethyl adjacent to an activating group) is 2. The number of ether oxygens (including phenoxy) is 1. The molecule has 0 bridgehead atoms. The number of aryl methyl sites for hydroxylation is 2. The summed E-state index contributed by atoms with van der Waals surface area (Å²) in [5, 5.41) is 7.24. The fourth-order valence-corrected chi connectivity index (χ4v) is 4.90. The molecule has 2 aromatic carbocycles. The van der Waals surface area contributed by atoms with Crippen molar-refractivity contribution in [2.24, 2.45) is 13.0 Å². The van der Waals surface area contributed by atoms with Gasteiger partial charge in [0.25, 0.3) is 0 Å². The molecule has 0 saturated heterocycles. The fraction of sp³-hybridized carbons (Fsp3) is 0.333. The molecule has 224 valence electrons. The summed E-state index contributed by atoms with van der Waals surface area (Å²) in [6.45, 7) is 7.61. The first kappa shape index (κ1) is 29.8. The number of para-hydroxylation sites is 1. The highest BCUT2D eigenvalue weighted by Crippen LogP contribution is 2.36. The summed E-state index contributed by atoms with van der Waals surface area (Å²) in [5.74, 6) is 0.0210. The predicted molar refractivity (Wildman–Crippen MR) is 172 cm³/mol. The largest absolute Gasteiger partial charge is 0.462 e. The van der Waals surface area contributed by atoms with E-state index in [0.717, 1.165) is 59.3 Å². The minimum absolute atomic E-state index is 0.305. The standard InChI is InChI=1S/C33H39N7O3/c1-7-30(41)35-27-17-26(21(2)16-29(27)39(5)15-14-38(3)4)36-33-34-18-24(32(42)43-20-22-12-13-22)31(37-33)25-19-40(6)28-11-9-8-10-23(25)28/h7-11,16-19,22H,1,12-15,20H2,2-6H3,(H,35,41)(H,34,36,37). The van der Waals surface area contributed by atoms with Gasteiger partial charge in [-0.25, -0.2) is 14.8 Å². The number of amides is 1. The van der Waals surface area contributed by atoms with Crippen LogP contribution in [0.15, 0.2) is 61.4 Å². The molecule has 10 nitrogen and oxygen atoms in total. The Morgan fingerprint density at radius 2 is 1.91 bits per heavy atom. The second-order valence-corrected chi connectivity index (χ2v) is 11.4. The first-order valence-corrected chi connectivity index (χ1v) is 14.4. The van der Waals surface area contributed by atoms with Crippen LogP contribution in [0.5, 0.6) is 0 Å². The van der Waals surface area contributed by atoms with Gasteiger partial charge in [-0.1, -0.05) is 24.8 Å². The molecule has 0 unspecified atom stereocenters. The van der Waals surface area contributed by atoms with Crippen LogP contribution in [0.25, 0.3) is 22.2 Å². The Bertz CT molecular complexity index is 1670. The van der Waals surface area contributed by atoms with Crippen LogP contribution in [-0.4, -0.2) is 72.2 Å². The van der Waals surface area contributed by atoms with Gasteiger partial charge < -0.3 is 29.7 Å². The average molecular weight is 582 g/mol. The topological polar surface area (TPSA) is 105 Å². The van der Waals surface area contributed by atoms with Gasteiger partial charge in [0, 0.05) is 61.7 Å². The number of fused-ring (bicyclic) bond motifs is 1. The summed E-state index contributed by atoms with van der Waals surface area (Å²) in [6, 6.07) is 11.9. The van der Waals surface area contributed by atoms with E-state index in [-0.39, 0.29) is 5.91 Å². The molecule has 0 radical (unpaired) electrons. The summed E-state index contributed by atoms with van der Waals surface area (Å²) < 4.78 is 7.66. The van der Waals surface area contributed by atoms with Crippen molar-refractivity contribution >= 4 is 45.8 Å². The van der Waals surface area contributed by atoms with Gasteiger partial charge >= 0.3 is 5.97 Å². The predicted octanol–water partition coefficient (Wildman–Crippen LogP) is 5.38. The molecule has 1 fully saturated rings. The van der Waals surface area contributed by atoms with Crippen LogP contribution in [0.1, 0.15) is 28.8 Å². The zero-order chi connectivity index (χ0) is 30.7. The molecule has 0 aliphatic heterocycles. The summed E-state index contributed by atoms with van der Waals surface area (Å²) in [5.41, 5.74) is 5.82. The first-order valence-electron chi connectivity index (χ1n) is 14.4. The highest BCUT2D eigenvalue weighted by molar-refractivity contribution is 6.03. The lowest BCUT2D eigenvalue weighted by Crippen LogP contribution is -2.29. The van der Waals surface area contributed by atoms with E-state index < -0.39 is 5.97 Å². The number of anilines is 4. The molecule has 2 aromatic heterocycles. The molecule has 43 heavy (non-hydrogen) atoms. The van der Waals surface area contributed by atoms with Gasteiger partial charge in [-0.3, -0.25) is 4.79 Å². The molecule has 4 aromatic rings.